The van der Waals surface area contributed by atoms with E-state index >= 15 is 0 Å². The number of nitrogens with zero attached hydrogens (tertiary/aromatic N) is 4. The molecule has 0 saturated heterocycles. The van der Waals surface area contributed by atoms with E-state index in [1.54, 1.807) is 30.1 Å². The van der Waals surface area contributed by atoms with Crippen molar-refractivity contribution in [2.24, 2.45) is 0 Å². The van der Waals surface area contributed by atoms with Crippen molar-refractivity contribution in [2.45, 2.75) is 38.5 Å². The molecule has 3 rings (SSSR count). The van der Waals surface area contributed by atoms with Crippen molar-refractivity contribution in [1.29, 1.82) is 0 Å². The number of hydrogen-bond acceptors (Lipinski definition) is 6. The van der Waals surface area contributed by atoms with Crippen molar-refractivity contribution < 1.29 is 4.79 Å². The Hall–Kier alpha value is -2.13. The highest BCUT2D eigenvalue weighted by atomic mass is 79.9. The van der Waals surface area contributed by atoms with E-state index in [9.17, 15) is 4.79 Å². The van der Waals surface area contributed by atoms with Gasteiger partial charge in [0.2, 0.25) is 0 Å². The minimum atomic E-state index is -0.114. The van der Waals surface area contributed by atoms with Crippen molar-refractivity contribution in [3.8, 4) is 0 Å². The number of rotatable bonds is 8. The first kappa shape index (κ1) is 20.6. The van der Waals surface area contributed by atoms with Gasteiger partial charge in [0.15, 0.2) is 10.8 Å². The standard InChI is InChI=1S/C19H23BrN6OS/c1-4-28-19-24-16(23-12(2)3)15-11-22-26(17(15)25-19)9-8-21-18(27)13-6-5-7-14(20)10-13/h5-7,10-12H,4,8-9H2,1-3H3,(H,21,27)(H,23,24,25). The smallest absolute Gasteiger partial charge is 0.251 e. The summed E-state index contributed by atoms with van der Waals surface area (Å²) < 4.78 is 2.68. The molecule has 0 aliphatic carbocycles. The van der Waals surface area contributed by atoms with E-state index in [0.29, 0.717) is 18.7 Å². The van der Waals surface area contributed by atoms with E-state index in [1.165, 1.54) is 0 Å². The van der Waals surface area contributed by atoms with Crippen LogP contribution in [0.2, 0.25) is 0 Å². The van der Waals surface area contributed by atoms with E-state index in [1.807, 2.05) is 16.8 Å². The molecule has 9 heteroatoms. The number of nitrogens with one attached hydrogen (secondary N) is 2. The molecule has 28 heavy (non-hydrogen) atoms. The van der Waals surface area contributed by atoms with Crippen LogP contribution in [0.15, 0.2) is 40.1 Å². The number of anilines is 1. The van der Waals surface area contributed by atoms with Crippen molar-refractivity contribution in [3.05, 3.63) is 40.5 Å². The van der Waals surface area contributed by atoms with E-state index < -0.39 is 0 Å². The molecule has 3 aromatic rings. The van der Waals surface area contributed by atoms with Gasteiger partial charge in [0.1, 0.15) is 5.82 Å². The van der Waals surface area contributed by atoms with Crippen LogP contribution in [0.3, 0.4) is 0 Å². The number of hydrogen-bond donors (Lipinski definition) is 2. The lowest BCUT2D eigenvalue weighted by atomic mass is 10.2. The molecule has 0 radical (unpaired) electrons. The maximum Gasteiger partial charge on any atom is 0.251 e. The third-order valence-electron chi connectivity index (χ3n) is 3.87. The zero-order chi connectivity index (χ0) is 20.1. The molecular weight excluding hydrogens is 440 g/mol. The molecule has 7 nitrogen and oxygen atoms in total. The van der Waals surface area contributed by atoms with E-state index in [2.05, 4.69) is 62.4 Å². The molecule has 0 atom stereocenters. The second kappa shape index (κ2) is 9.38. The molecule has 2 heterocycles. The van der Waals surface area contributed by atoms with Gasteiger partial charge in [-0.25, -0.2) is 14.6 Å². The zero-order valence-corrected chi connectivity index (χ0v) is 18.5. The molecular formula is C19H23BrN6OS. The molecule has 0 spiro atoms. The number of carbonyl (C=O) groups is 1. The largest absolute Gasteiger partial charge is 0.367 e. The number of carbonyl (C=O) groups excluding carboxylic acids is 1. The summed E-state index contributed by atoms with van der Waals surface area (Å²) in [5.41, 5.74) is 1.39. The molecule has 0 aliphatic heterocycles. The van der Waals surface area contributed by atoms with Gasteiger partial charge in [0.25, 0.3) is 5.91 Å². The number of thioether (sulfide) groups is 1. The predicted molar refractivity (Wildman–Crippen MR) is 117 cm³/mol. The topological polar surface area (TPSA) is 84.7 Å². The van der Waals surface area contributed by atoms with Crippen LogP contribution in [0, 0.1) is 0 Å². The highest BCUT2D eigenvalue weighted by Crippen LogP contribution is 2.24. The fourth-order valence-electron chi connectivity index (χ4n) is 2.68. The highest BCUT2D eigenvalue weighted by molar-refractivity contribution is 9.10. The first-order chi connectivity index (χ1) is 13.5. The molecule has 0 saturated carbocycles. The van der Waals surface area contributed by atoms with Gasteiger partial charge in [-0.3, -0.25) is 4.79 Å². The first-order valence-electron chi connectivity index (χ1n) is 9.14. The van der Waals surface area contributed by atoms with Gasteiger partial charge in [0, 0.05) is 22.6 Å². The summed E-state index contributed by atoms with van der Waals surface area (Å²) >= 11 is 4.98. The maximum atomic E-state index is 12.3. The van der Waals surface area contributed by atoms with Gasteiger partial charge in [-0.15, -0.1) is 0 Å². The van der Waals surface area contributed by atoms with Crippen molar-refractivity contribution in [2.75, 3.05) is 17.6 Å². The third-order valence-corrected chi connectivity index (χ3v) is 5.09. The summed E-state index contributed by atoms with van der Waals surface area (Å²) in [5.74, 6) is 1.57. The molecule has 2 aromatic heterocycles. The van der Waals surface area contributed by atoms with Crippen molar-refractivity contribution in [1.82, 2.24) is 25.1 Å². The second-order valence-corrected chi connectivity index (χ2v) is 8.60. The monoisotopic (exact) mass is 462 g/mol. The fraction of sp³-hybridized carbons (Fsp3) is 0.368. The van der Waals surface area contributed by atoms with Gasteiger partial charge in [0.05, 0.1) is 18.1 Å². The van der Waals surface area contributed by atoms with E-state index in [4.69, 9.17) is 0 Å². The van der Waals surface area contributed by atoms with Crippen LogP contribution in [-0.2, 0) is 6.54 Å². The predicted octanol–water partition coefficient (Wildman–Crippen LogP) is 3.95. The molecule has 0 aliphatic rings. The van der Waals surface area contributed by atoms with Crippen LogP contribution < -0.4 is 10.6 Å². The average molecular weight is 463 g/mol. The number of amides is 1. The molecule has 148 valence electrons. The minimum Gasteiger partial charge on any atom is -0.367 e. The Morgan fingerprint density at radius 1 is 1.32 bits per heavy atom. The van der Waals surface area contributed by atoms with E-state index in [0.717, 1.165) is 32.2 Å². The summed E-state index contributed by atoms with van der Waals surface area (Å²) in [6.45, 7) is 7.19. The Labute approximate surface area is 176 Å². The van der Waals surface area contributed by atoms with Crippen LogP contribution in [0.25, 0.3) is 11.0 Å². The highest BCUT2D eigenvalue weighted by Gasteiger charge is 2.14. The Balaban J connectivity index is 1.75. The Bertz CT molecular complexity index is 974. The summed E-state index contributed by atoms with van der Waals surface area (Å²) in [6.07, 6.45) is 1.77. The lowest BCUT2D eigenvalue weighted by Crippen LogP contribution is -2.27. The quantitative estimate of drug-likeness (QED) is 0.389. The molecule has 2 N–H and O–H groups in total. The lowest BCUT2D eigenvalue weighted by Gasteiger charge is -2.11. The molecule has 0 bridgehead atoms. The maximum absolute atomic E-state index is 12.3. The van der Waals surface area contributed by atoms with Crippen LogP contribution in [0.4, 0.5) is 5.82 Å². The SMILES string of the molecule is CCSc1nc(NC(C)C)c2cnn(CCNC(=O)c3cccc(Br)c3)c2n1. The Morgan fingerprint density at radius 3 is 2.86 bits per heavy atom. The van der Waals surface area contributed by atoms with Gasteiger partial charge in [-0.2, -0.15) is 5.10 Å². The second-order valence-electron chi connectivity index (χ2n) is 6.46. The number of halogens is 1. The summed E-state index contributed by atoms with van der Waals surface area (Å²) in [4.78, 5) is 21.6. The van der Waals surface area contributed by atoms with Crippen LogP contribution in [0.5, 0.6) is 0 Å². The Morgan fingerprint density at radius 2 is 2.14 bits per heavy atom. The van der Waals surface area contributed by atoms with Crippen molar-refractivity contribution >= 4 is 50.5 Å². The van der Waals surface area contributed by atoms with Gasteiger partial charge in [-0.1, -0.05) is 40.7 Å². The zero-order valence-electron chi connectivity index (χ0n) is 16.1. The summed E-state index contributed by atoms with van der Waals surface area (Å²) in [6, 6.07) is 7.57. The first-order valence-corrected chi connectivity index (χ1v) is 10.9. The molecule has 0 fully saturated rings. The lowest BCUT2D eigenvalue weighted by molar-refractivity contribution is 0.0952. The van der Waals surface area contributed by atoms with Crippen LogP contribution in [-0.4, -0.2) is 44.0 Å². The molecule has 1 aromatic carbocycles. The molecule has 0 unspecified atom stereocenters. The number of benzene rings is 1. The van der Waals surface area contributed by atoms with E-state index in [-0.39, 0.29) is 11.9 Å². The van der Waals surface area contributed by atoms with Crippen LogP contribution >= 0.6 is 27.7 Å². The number of fused-ring (bicyclic) bond motifs is 1. The Kier molecular flexibility index (Phi) is 6.90. The summed E-state index contributed by atoms with van der Waals surface area (Å²) in [7, 11) is 0. The summed E-state index contributed by atoms with van der Waals surface area (Å²) in [5, 5.41) is 12.4. The normalized spacial score (nSPS) is 11.2. The van der Waals surface area contributed by atoms with Gasteiger partial charge >= 0.3 is 0 Å². The molecule has 1 amide bonds. The number of aromatic nitrogens is 4. The minimum absolute atomic E-state index is 0.114. The third kappa shape index (κ3) is 5.02. The fourth-order valence-corrected chi connectivity index (χ4v) is 3.65. The average Bonchev–Trinajstić information content (AvgIpc) is 3.05. The van der Waals surface area contributed by atoms with Crippen molar-refractivity contribution in [3.63, 3.8) is 0 Å². The van der Waals surface area contributed by atoms with Crippen LogP contribution in [0.1, 0.15) is 31.1 Å². The van der Waals surface area contributed by atoms with Gasteiger partial charge < -0.3 is 10.6 Å². The van der Waals surface area contributed by atoms with Gasteiger partial charge in [-0.05, 0) is 37.8 Å².